The van der Waals surface area contributed by atoms with Crippen LogP contribution in [-0.4, -0.2) is 21.7 Å². The fourth-order valence-electron chi connectivity index (χ4n) is 1.56. The van der Waals surface area contributed by atoms with Gasteiger partial charge in [-0.3, -0.25) is 9.48 Å². The summed E-state index contributed by atoms with van der Waals surface area (Å²) in [7, 11) is 0. The highest BCUT2D eigenvalue weighted by Gasteiger charge is 2.26. The second-order valence-corrected chi connectivity index (χ2v) is 4.11. The van der Waals surface area contributed by atoms with Crippen LogP contribution in [0.1, 0.15) is 31.5 Å². The van der Waals surface area contributed by atoms with Crippen molar-refractivity contribution in [2.24, 2.45) is 0 Å². The summed E-state index contributed by atoms with van der Waals surface area (Å²) < 4.78 is 1.66. The molecule has 1 heterocycles. The van der Waals surface area contributed by atoms with Gasteiger partial charge < -0.3 is 11.1 Å². The van der Waals surface area contributed by atoms with Gasteiger partial charge in [0.05, 0.1) is 0 Å². The number of aromatic nitrogens is 2. The zero-order valence-corrected chi connectivity index (χ0v) is 9.03. The molecular weight excluding hydrogens is 192 g/mol. The SMILES string of the molecule is Cc1cc(N)nn1C(C)C(=O)NC1CC1. The molecule has 2 rings (SSSR count). The molecule has 0 radical (unpaired) electrons. The van der Waals surface area contributed by atoms with Crippen molar-refractivity contribution < 1.29 is 4.79 Å². The lowest BCUT2D eigenvalue weighted by Gasteiger charge is -2.13. The van der Waals surface area contributed by atoms with E-state index in [-0.39, 0.29) is 11.9 Å². The smallest absolute Gasteiger partial charge is 0.244 e. The fraction of sp³-hybridized carbons (Fsp3) is 0.600. The number of nitrogen functional groups attached to an aromatic ring is 1. The average Bonchev–Trinajstić information content (AvgIpc) is 2.90. The van der Waals surface area contributed by atoms with Gasteiger partial charge in [0.1, 0.15) is 11.9 Å². The number of hydrogen-bond donors (Lipinski definition) is 2. The molecule has 0 bridgehead atoms. The first-order valence-corrected chi connectivity index (χ1v) is 5.20. The number of nitrogens with two attached hydrogens (primary N) is 1. The lowest BCUT2D eigenvalue weighted by Crippen LogP contribution is -2.33. The van der Waals surface area contributed by atoms with Gasteiger partial charge in [0.25, 0.3) is 0 Å². The molecule has 0 saturated heterocycles. The largest absolute Gasteiger partial charge is 0.382 e. The molecule has 1 aliphatic carbocycles. The summed E-state index contributed by atoms with van der Waals surface area (Å²) in [5.41, 5.74) is 6.48. The normalized spacial score (nSPS) is 17.5. The van der Waals surface area contributed by atoms with Crippen LogP contribution in [0.15, 0.2) is 6.07 Å². The molecule has 1 fully saturated rings. The summed E-state index contributed by atoms with van der Waals surface area (Å²) in [5, 5.41) is 7.04. The fourth-order valence-corrected chi connectivity index (χ4v) is 1.56. The van der Waals surface area contributed by atoms with Crippen LogP contribution in [0.2, 0.25) is 0 Å². The van der Waals surface area contributed by atoms with Gasteiger partial charge in [-0.15, -0.1) is 0 Å². The van der Waals surface area contributed by atoms with E-state index in [1.54, 1.807) is 10.7 Å². The molecule has 1 aliphatic rings. The first-order chi connectivity index (χ1) is 7.08. The average molecular weight is 208 g/mol. The molecule has 3 N–H and O–H groups in total. The molecule has 15 heavy (non-hydrogen) atoms. The van der Waals surface area contributed by atoms with Crippen LogP contribution in [0.4, 0.5) is 5.82 Å². The lowest BCUT2D eigenvalue weighted by atomic mass is 10.3. The summed E-state index contributed by atoms with van der Waals surface area (Å²) in [6.45, 7) is 3.72. The highest BCUT2D eigenvalue weighted by molar-refractivity contribution is 5.80. The van der Waals surface area contributed by atoms with Crippen molar-refractivity contribution in [1.29, 1.82) is 0 Å². The molecule has 1 unspecified atom stereocenters. The van der Waals surface area contributed by atoms with E-state index < -0.39 is 0 Å². The van der Waals surface area contributed by atoms with E-state index in [0.717, 1.165) is 18.5 Å². The highest BCUT2D eigenvalue weighted by Crippen LogP contribution is 2.20. The molecule has 1 saturated carbocycles. The van der Waals surface area contributed by atoms with Crippen LogP contribution in [0.5, 0.6) is 0 Å². The molecule has 5 nitrogen and oxygen atoms in total. The van der Waals surface area contributed by atoms with Gasteiger partial charge in [0.2, 0.25) is 5.91 Å². The van der Waals surface area contributed by atoms with E-state index in [1.165, 1.54) is 0 Å². The molecule has 1 amide bonds. The van der Waals surface area contributed by atoms with E-state index in [9.17, 15) is 4.79 Å². The Kier molecular flexibility index (Phi) is 2.38. The maximum absolute atomic E-state index is 11.7. The predicted molar refractivity (Wildman–Crippen MR) is 57.3 cm³/mol. The van der Waals surface area contributed by atoms with Crippen molar-refractivity contribution in [1.82, 2.24) is 15.1 Å². The van der Waals surface area contributed by atoms with Gasteiger partial charge in [-0.05, 0) is 26.7 Å². The number of anilines is 1. The van der Waals surface area contributed by atoms with Crippen molar-refractivity contribution in [3.8, 4) is 0 Å². The third kappa shape index (κ3) is 2.11. The minimum absolute atomic E-state index is 0.0173. The minimum Gasteiger partial charge on any atom is -0.382 e. The van der Waals surface area contributed by atoms with Gasteiger partial charge in [-0.2, -0.15) is 5.10 Å². The Hall–Kier alpha value is -1.52. The van der Waals surface area contributed by atoms with Crippen LogP contribution in [0.25, 0.3) is 0 Å². The topological polar surface area (TPSA) is 72.9 Å². The maximum Gasteiger partial charge on any atom is 0.244 e. The van der Waals surface area contributed by atoms with Gasteiger partial charge >= 0.3 is 0 Å². The minimum atomic E-state index is -0.289. The Bertz CT molecular complexity index is 381. The number of amides is 1. The second-order valence-electron chi connectivity index (χ2n) is 4.11. The van der Waals surface area contributed by atoms with Crippen molar-refractivity contribution in [3.63, 3.8) is 0 Å². The number of carbonyl (C=O) groups is 1. The Morgan fingerprint density at radius 2 is 2.40 bits per heavy atom. The standard InChI is InChI=1S/C10H16N4O/c1-6-5-9(11)13-14(6)7(2)10(15)12-8-3-4-8/h5,7-8H,3-4H2,1-2H3,(H2,11,13)(H,12,15). The number of hydrogen-bond acceptors (Lipinski definition) is 3. The highest BCUT2D eigenvalue weighted by atomic mass is 16.2. The first-order valence-electron chi connectivity index (χ1n) is 5.20. The molecule has 0 aromatic carbocycles. The van der Waals surface area contributed by atoms with E-state index in [0.29, 0.717) is 11.9 Å². The lowest BCUT2D eigenvalue weighted by molar-refractivity contribution is -0.124. The Morgan fingerprint density at radius 1 is 1.73 bits per heavy atom. The van der Waals surface area contributed by atoms with Gasteiger partial charge in [0.15, 0.2) is 0 Å². The second kappa shape index (κ2) is 3.56. The molecular formula is C10H16N4O. The first kappa shape index (κ1) is 10.0. The molecule has 0 spiro atoms. The van der Waals surface area contributed by atoms with Crippen molar-refractivity contribution in [3.05, 3.63) is 11.8 Å². The Labute approximate surface area is 88.6 Å². The van der Waals surface area contributed by atoms with Crippen LogP contribution in [0, 0.1) is 6.92 Å². The van der Waals surface area contributed by atoms with Crippen LogP contribution in [-0.2, 0) is 4.79 Å². The number of rotatable bonds is 3. The summed E-state index contributed by atoms with van der Waals surface area (Å²) in [6, 6.07) is 1.86. The molecule has 1 atom stereocenters. The van der Waals surface area contributed by atoms with Gasteiger partial charge in [-0.1, -0.05) is 0 Å². The summed E-state index contributed by atoms with van der Waals surface area (Å²) in [6.07, 6.45) is 2.19. The van der Waals surface area contributed by atoms with Crippen LogP contribution >= 0.6 is 0 Å². The molecule has 82 valence electrons. The molecule has 1 aromatic rings. The summed E-state index contributed by atoms with van der Waals surface area (Å²) in [4.78, 5) is 11.7. The summed E-state index contributed by atoms with van der Waals surface area (Å²) >= 11 is 0. The number of aryl methyl sites for hydroxylation is 1. The number of nitrogens with zero attached hydrogens (tertiary/aromatic N) is 2. The van der Waals surface area contributed by atoms with Crippen molar-refractivity contribution in [2.75, 3.05) is 5.73 Å². The van der Waals surface area contributed by atoms with Gasteiger partial charge in [0, 0.05) is 17.8 Å². The molecule has 0 aliphatic heterocycles. The molecule has 1 aromatic heterocycles. The maximum atomic E-state index is 11.7. The van der Waals surface area contributed by atoms with E-state index in [2.05, 4.69) is 10.4 Å². The van der Waals surface area contributed by atoms with E-state index in [1.807, 2.05) is 13.8 Å². The van der Waals surface area contributed by atoms with Crippen LogP contribution in [0.3, 0.4) is 0 Å². The number of nitrogens with one attached hydrogen (secondary N) is 1. The third-order valence-electron chi connectivity index (χ3n) is 2.61. The number of carbonyl (C=O) groups excluding carboxylic acids is 1. The van der Waals surface area contributed by atoms with E-state index in [4.69, 9.17) is 5.73 Å². The zero-order chi connectivity index (χ0) is 11.0. The Balaban J connectivity index is 2.08. The third-order valence-corrected chi connectivity index (χ3v) is 2.61. The Morgan fingerprint density at radius 3 is 2.87 bits per heavy atom. The monoisotopic (exact) mass is 208 g/mol. The van der Waals surface area contributed by atoms with Crippen molar-refractivity contribution in [2.45, 2.75) is 38.8 Å². The van der Waals surface area contributed by atoms with E-state index >= 15 is 0 Å². The van der Waals surface area contributed by atoms with Crippen molar-refractivity contribution >= 4 is 11.7 Å². The van der Waals surface area contributed by atoms with Crippen LogP contribution < -0.4 is 11.1 Å². The molecule has 5 heteroatoms. The van der Waals surface area contributed by atoms with Gasteiger partial charge in [-0.25, -0.2) is 0 Å². The zero-order valence-electron chi connectivity index (χ0n) is 9.03. The summed E-state index contributed by atoms with van der Waals surface area (Å²) in [5.74, 6) is 0.474. The predicted octanol–water partition coefficient (Wildman–Crippen LogP) is 0.613. The quantitative estimate of drug-likeness (QED) is 0.764.